The van der Waals surface area contributed by atoms with E-state index in [1.54, 1.807) is 0 Å². The number of rotatable bonds is 2. The molecule has 1 aromatic carbocycles. The molecule has 1 N–H and O–H groups in total. The molecule has 2 aliphatic heterocycles. The molecule has 2 fully saturated rings. The topological polar surface area (TPSA) is 68.2 Å². The van der Waals surface area contributed by atoms with Gasteiger partial charge in [-0.1, -0.05) is 24.3 Å². The first kappa shape index (κ1) is 17.3. The lowest BCUT2D eigenvalue weighted by atomic mass is 9.78. The predicted octanol–water partition coefficient (Wildman–Crippen LogP) is 2.04. The van der Waals surface area contributed by atoms with Crippen LogP contribution in [0.1, 0.15) is 39.4 Å². The number of morpholine rings is 1. The summed E-state index contributed by atoms with van der Waals surface area (Å²) in [5, 5.41) is 9.13. The molecule has 7 heteroatoms. The second-order valence-electron chi connectivity index (χ2n) is 7.34. The Morgan fingerprint density at radius 3 is 2.29 bits per heavy atom. The van der Waals surface area contributed by atoms with Crippen molar-refractivity contribution in [2.45, 2.75) is 45.0 Å². The number of ether oxygens (including phenoxy) is 1. The highest BCUT2D eigenvalue weighted by Gasteiger charge is 2.51. The zero-order valence-corrected chi connectivity index (χ0v) is 14.6. The van der Waals surface area contributed by atoms with Crippen LogP contribution in [-0.2, 0) is 14.0 Å². The van der Waals surface area contributed by atoms with Gasteiger partial charge in [0.05, 0.1) is 24.4 Å². The smallest absolute Gasteiger partial charge is 0.465 e. The van der Waals surface area contributed by atoms with Gasteiger partial charge in [-0.15, -0.1) is 0 Å². The maximum absolute atomic E-state index is 11.1. The van der Waals surface area contributed by atoms with Crippen LogP contribution in [0.4, 0.5) is 4.79 Å². The van der Waals surface area contributed by atoms with Crippen molar-refractivity contribution in [3.63, 3.8) is 0 Å². The Morgan fingerprint density at radius 1 is 1.17 bits per heavy atom. The van der Waals surface area contributed by atoms with Crippen LogP contribution in [0.25, 0.3) is 0 Å². The summed E-state index contributed by atoms with van der Waals surface area (Å²) in [7, 11) is -0.396. The molecule has 2 saturated heterocycles. The highest BCUT2D eigenvalue weighted by molar-refractivity contribution is 6.62. The number of carbonyl (C=O) groups is 1. The third-order valence-electron chi connectivity index (χ3n) is 5.17. The second kappa shape index (κ2) is 6.06. The monoisotopic (exact) mass is 333 g/mol. The van der Waals surface area contributed by atoms with Gasteiger partial charge in [-0.2, -0.15) is 0 Å². The van der Waals surface area contributed by atoms with E-state index in [1.165, 1.54) is 4.90 Å². The highest BCUT2D eigenvalue weighted by Crippen LogP contribution is 2.36. The van der Waals surface area contributed by atoms with E-state index >= 15 is 0 Å². The number of hydrogen-bond acceptors (Lipinski definition) is 4. The summed E-state index contributed by atoms with van der Waals surface area (Å²) in [6.45, 7) is 9.28. The van der Waals surface area contributed by atoms with Crippen LogP contribution in [0.15, 0.2) is 24.3 Å². The molecule has 0 unspecified atom stereocenters. The van der Waals surface area contributed by atoms with Crippen molar-refractivity contribution in [2.24, 2.45) is 0 Å². The molecule has 1 aromatic rings. The maximum atomic E-state index is 11.1. The highest BCUT2D eigenvalue weighted by atomic mass is 16.7. The van der Waals surface area contributed by atoms with Gasteiger partial charge < -0.3 is 24.1 Å². The van der Waals surface area contributed by atoms with Crippen LogP contribution in [0.3, 0.4) is 0 Å². The minimum atomic E-state index is -0.905. The second-order valence-corrected chi connectivity index (χ2v) is 7.34. The lowest BCUT2D eigenvalue weighted by Crippen LogP contribution is -2.41. The van der Waals surface area contributed by atoms with Crippen LogP contribution in [0.2, 0.25) is 0 Å². The van der Waals surface area contributed by atoms with Crippen molar-refractivity contribution in [3.8, 4) is 0 Å². The minimum absolute atomic E-state index is 0.234. The molecule has 0 aliphatic carbocycles. The van der Waals surface area contributed by atoms with Crippen molar-refractivity contribution in [1.29, 1.82) is 0 Å². The van der Waals surface area contributed by atoms with Gasteiger partial charge in [-0.25, -0.2) is 4.79 Å². The van der Waals surface area contributed by atoms with Gasteiger partial charge in [-0.3, -0.25) is 0 Å². The van der Waals surface area contributed by atoms with Crippen LogP contribution >= 0.6 is 0 Å². The summed E-state index contributed by atoms with van der Waals surface area (Å²) in [4.78, 5) is 12.5. The average molecular weight is 333 g/mol. The molecule has 0 spiro atoms. The van der Waals surface area contributed by atoms with Gasteiger partial charge in [-0.05, 0) is 38.7 Å². The van der Waals surface area contributed by atoms with Gasteiger partial charge in [0.1, 0.15) is 6.10 Å². The van der Waals surface area contributed by atoms with E-state index < -0.39 is 13.2 Å². The Hall–Kier alpha value is -1.57. The number of benzene rings is 1. The van der Waals surface area contributed by atoms with Crippen LogP contribution in [0, 0.1) is 0 Å². The van der Waals surface area contributed by atoms with E-state index in [9.17, 15) is 4.79 Å². The van der Waals surface area contributed by atoms with Gasteiger partial charge >= 0.3 is 13.2 Å². The van der Waals surface area contributed by atoms with Crippen molar-refractivity contribution in [1.82, 2.24) is 4.90 Å². The van der Waals surface area contributed by atoms with E-state index in [1.807, 2.05) is 52.0 Å². The van der Waals surface area contributed by atoms with Crippen LogP contribution < -0.4 is 5.46 Å². The molecule has 1 atom stereocenters. The summed E-state index contributed by atoms with van der Waals surface area (Å²) in [6, 6.07) is 7.83. The Balaban J connectivity index is 1.71. The number of hydrogen-bond donors (Lipinski definition) is 1. The predicted molar refractivity (Wildman–Crippen MR) is 90.4 cm³/mol. The van der Waals surface area contributed by atoms with E-state index in [4.69, 9.17) is 19.2 Å². The van der Waals surface area contributed by atoms with Crippen LogP contribution in [0.5, 0.6) is 0 Å². The Kier molecular flexibility index (Phi) is 4.36. The molecule has 24 heavy (non-hydrogen) atoms. The quantitative estimate of drug-likeness (QED) is 0.839. The molecule has 1 amide bonds. The van der Waals surface area contributed by atoms with Crippen molar-refractivity contribution in [2.75, 3.05) is 19.7 Å². The first-order valence-electron chi connectivity index (χ1n) is 8.24. The first-order valence-corrected chi connectivity index (χ1v) is 8.24. The standard InChI is InChI=1S/C17H24BNO5/c1-16(2)17(3,4)24-18(23-16)13-7-5-12(6-8-13)14-11-19(15(20)21)9-10-22-14/h5-8,14H,9-11H2,1-4H3,(H,20,21)/t14-/m0/s1. The zero-order chi connectivity index (χ0) is 17.5. The summed E-state index contributed by atoms with van der Waals surface area (Å²) >= 11 is 0. The molecule has 2 heterocycles. The lowest BCUT2D eigenvalue weighted by Gasteiger charge is -2.32. The van der Waals surface area contributed by atoms with E-state index in [2.05, 4.69) is 0 Å². The van der Waals surface area contributed by atoms with Gasteiger partial charge in [0.25, 0.3) is 0 Å². The van der Waals surface area contributed by atoms with E-state index in [-0.39, 0.29) is 17.3 Å². The van der Waals surface area contributed by atoms with E-state index in [0.29, 0.717) is 19.7 Å². The van der Waals surface area contributed by atoms with Crippen molar-refractivity contribution in [3.05, 3.63) is 29.8 Å². The molecule has 0 bridgehead atoms. The Morgan fingerprint density at radius 2 is 1.75 bits per heavy atom. The summed E-state index contributed by atoms with van der Waals surface area (Å²) in [6.07, 6.45) is -1.14. The number of nitrogens with zero attached hydrogens (tertiary/aromatic N) is 1. The molecule has 130 valence electrons. The average Bonchev–Trinajstić information content (AvgIpc) is 2.76. The first-order chi connectivity index (χ1) is 11.2. The molecule has 0 saturated carbocycles. The minimum Gasteiger partial charge on any atom is -0.465 e. The van der Waals surface area contributed by atoms with Gasteiger partial charge in [0.2, 0.25) is 0 Å². The fraction of sp³-hybridized carbons (Fsp3) is 0.588. The van der Waals surface area contributed by atoms with Gasteiger partial charge in [0.15, 0.2) is 0 Å². The third kappa shape index (κ3) is 3.16. The maximum Gasteiger partial charge on any atom is 0.494 e. The fourth-order valence-corrected chi connectivity index (χ4v) is 2.87. The van der Waals surface area contributed by atoms with Gasteiger partial charge in [0, 0.05) is 6.54 Å². The molecular formula is C17H24BNO5. The molecular weight excluding hydrogens is 309 g/mol. The summed E-state index contributed by atoms with van der Waals surface area (Å²) < 4.78 is 17.8. The van der Waals surface area contributed by atoms with E-state index in [0.717, 1.165) is 11.0 Å². The SMILES string of the molecule is CC1(C)OB(c2ccc([C@@H]3CN(C(=O)O)CCO3)cc2)OC1(C)C. The summed E-state index contributed by atoms with van der Waals surface area (Å²) in [5.41, 5.74) is 1.17. The number of carboxylic acid groups (broad SMARTS) is 1. The Labute approximate surface area is 142 Å². The lowest BCUT2D eigenvalue weighted by molar-refractivity contribution is -0.0231. The van der Waals surface area contributed by atoms with Crippen molar-refractivity contribution < 1.29 is 23.9 Å². The largest absolute Gasteiger partial charge is 0.494 e. The molecule has 0 aromatic heterocycles. The van der Waals surface area contributed by atoms with Crippen molar-refractivity contribution >= 4 is 18.7 Å². The van der Waals surface area contributed by atoms with Crippen LogP contribution in [-0.4, -0.2) is 54.1 Å². The molecule has 6 nitrogen and oxygen atoms in total. The molecule has 3 rings (SSSR count). The molecule has 2 aliphatic rings. The fourth-order valence-electron chi connectivity index (χ4n) is 2.87. The normalized spacial score (nSPS) is 25.8. The molecule has 0 radical (unpaired) electrons. The zero-order valence-electron chi connectivity index (χ0n) is 14.6. The Bertz CT molecular complexity index is 600. The number of amides is 1. The third-order valence-corrected chi connectivity index (χ3v) is 5.17. The summed E-state index contributed by atoms with van der Waals surface area (Å²) in [5.74, 6) is 0.